The molecule has 1 aromatic heterocycles. The number of ether oxygens (including phenoxy) is 1. The van der Waals surface area contributed by atoms with Crippen molar-refractivity contribution in [2.75, 3.05) is 12.4 Å². The van der Waals surface area contributed by atoms with Crippen LogP contribution < -0.4 is 10.1 Å². The number of nitrogens with zero attached hydrogens (tertiary/aromatic N) is 1. The highest BCUT2D eigenvalue weighted by atomic mass is 19.1. The average molecular weight is 312 g/mol. The Kier molecular flexibility index (Phi) is 4.05. The largest absolute Gasteiger partial charge is 0.497 e. The third-order valence-electron chi connectivity index (χ3n) is 3.20. The summed E-state index contributed by atoms with van der Waals surface area (Å²) >= 11 is 0. The maximum atomic E-state index is 12.9. The molecule has 6 heteroatoms. The van der Waals surface area contributed by atoms with Crippen LogP contribution in [-0.4, -0.2) is 18.2 Å². The summed E-state index contributed by atoms with van der Waals surface area (Å²) in [6, 6.07) is 14.2. The van der Waals surface area contributed by atoms with Gasteiger partial charge in [0.1, 0.15) is 11.6 Å². The molecule has 5 nitrogen and oxygen atoms in total. The number of halogens is 1. The topological polar surface area (TPSA) is 64.4 Å². The first-order chi connectivity index (χ1) is 11.2. The second-order valence-corrected chi connectivity index (χ2v) is 4.77. The number of carbonyl (C=O) groups excluding carboxylic acids is 1. The van der Waals surface area contributed by atoms with Crippen molar-refractivity contribution in [3.63, 3.8) is 0 Å². The van der Waals surface area contributed by atoms with Gasteiger partial charge in [0, 0.05) is 23.4 Å². The zero-order valence-corrected chi connectivity index (χ0v) is 12.2. The van der Waals surface area contributed by atoms with Crippen molar-refractivity contribution >= 4 is 11.6 Å². The number of nitrogens with one attached hydrogen (secondary N) is 1. The maximum Gasteiger partial charge on any atom is 0.277 e. The van der Waals surface area contributed by atoms with Crippen LogP contribution in [0.2, 0.25) is 0 Å². The second-order valence-electron chi connectivity index (χ2n) is 4.77. The minimum Gasteiger partial charge on any atom is -0.497 e. The number of methoxy groups -OCH3 is 1. The molecule has 0 saturated heterocycles. The number of hydrogen-bond donors (Lipinski definition) is 1. The number of anilines is 1. The molecule has 23 heavy (non-hydrogen) atoms. The third kappa shape index (κ3) is 3.37. The molecule has 1 amide bonds. The van der Waals surface area contributed by atoms with Gasteiger partial charge in [0.05, 0.1) is 7.11 Å². The molecule has 1 N–H and O–H groups in total. The average Bonchev–Trinajstić information content (AvgIpc) is 3.06. The highest BCUT2D eigenvalue weighted by Crippen LogP contribution is 2.22. The van der Waals surface area contributed by atoms with Gasteiger partial charge in [0.15, 0.2) is 11.5 Å². The van der Waals surface area contributed by atoms with Crippen molar-refractivity contribution in [3.8, 4) is 17.1 Å². The lowest BCUT2D eigenvalue weighted by molar-refractivity contribution is 0.101. The van der Waals surface area contributed by atoms with Crippen molar-refractivity contribution in [2.45, 2.75) is 0 Å². The van der Waals surface area contributed by atoms with Crippen LogP contribution in [0, 0.1) is 5.82 Å². The molecule has 0 radical (unpaired) electrons. The third-order valence-corrected chi connectivity index (χ3v) is 3.20. The Morgan fingerprint density at radius 1 is 1.17 bits per heavy atom. The first kappa shape index (κ1) is 14.8. The quantitative estimate of drug-likeness (QED) is 0.797. The summed E-state index contributed by atoms with van der Waals surface area (Å²) in [7, 11) is 1.55. The van der Waals surface area contributed by atoms with E-state index in [0.717, 1.165) is 0 Å². The minimum absolute atomic E-state index is 0.132. The fraction of sp³-hybridized carbons (Fsp3) is 0.0588. The van der Waals surface area contributed by atoms with E-state index in [1.807, 2.05) is 0 Å². The molecule has 0 aliphatic heterocycles. The molecule has 3 aromatic rings. The molecule has 0 bridgehead atoms. The van der Waals surface area contributed by atoms with E-state index in [9.17, 15) is 9.18 Å². The molecule has 0 aliphatic rings. The fourth-order valence-electron chi connectivity index (χ4n) is 2.03. The number of rotatable bonds is 4. The van der Waals surface area contributed by atoms with E-state index in [-0.39, 0.29) is 11.5 Å². The van der Waals surface area contributed by atoms with Crippen LogP contribution in [0.3, 0.4) is 0 Å². The van der Waals surface area contributed by atoms with Gasteiger partial charge < -0.3 is 14.6 Å². The summed E-state index contributed by atoms with van der Waals surface area (Å²) in [5.74, 6) is 0.273. The molecule has 3 rings (SSSR count). The van der Waals surface area contributed by atoms with E-state index in [4.69, 9.17) is 9.26 Å². The van der Waals surface area contributed by atoms with E-state index < -0.39 is 5.91 Å². The van der Waals surface area contributed by atoms with Gasteiger partial charge in [-0.25, -0.2) is 4.39 Å². The van der Waals surface area contributed by atoms with Crippen LogP contribution >= 0.6 is 0 Å². The summed E-state index contributed by atoms with van der Waals surface area (Å²) in [6.45, 7) is 0. The van der Waals surface area contributed by atoms with Crippen molar-refractivity contribution in [3.05, 3.63) is 66.1 Å². The molecule has 0 fully saturated rings. The van der Waals surface area contributed by atoms with Crippen molar-refractivity contribution in [1.29, 1.82) is 0 Å². The van der Waals surface area contributed by atoms with Crippen LogP contribution in [-0.2, 0) is 0 Å². The van der Waals surface area contributed by atoms with Gasteiger partial charge in [-0.05, 0) is 36.4 Å². The zero-order valence-electron chi connectivity index (χ0n) is 12.2. The number of benzene rings is 2. The van der Waals surface area contributed by atoms with E-state index in [2.05, 4.69) is 10.5 Å². The predicted molar refractivity (Wildman–Crippen MR) is 82.8 cm³/mol. The van der Waals surface area contributed by atoms with Crippen molar-refractivity contribution in [1.82, 2.24) is 5.16 Å². The highest BCUT2D eigenvalue weighted by Gasteiger charge is 2.14. The summed E-state index contributed by atoms with van der Waals surface area (Å²) in [5, 5.41) is 6.45. The fourth-order valence-corrected chi connectivity index (χ4v) is 2.03. The second kappa shape index (κ2) is 6.31. The SMILES string of the molecule is COc1cccc(NC(=O)c2cc(-c3ccc(F)cc3)on2)c1. The smallest absolute Gasteiger partial charge is 0.277 e. The molecule has 1 heterocycles. The molecule has 0 aliphatic carbocycles. The molecule has 2 aromatic carbocycles. The van der Waals surface area contributed by atoms with E-state index in [1.54, 1.807) is 43.5 Å². The number of aromatic nitrogens is 1. The molecule has 0 atom stereocenters. The monoisotopic (exact) mass is 312 g/mol. The van der Waals surface area contributed by atoms with Gasteiger partial charge in [-0.2, -0.15) is 0 Å². The van der Waals surface area contributed by atoms with Gasteiger partial charge in [-0.15, -0.1) is 0 Å². The van der Waals surface area contributed by atoms with Gasteiger partial charge in [0.25, 0.3) is 5.91 Å². The van der Waals surface area contributed by atoms with Gasteiger partial charge in [0.2, 0.25) is 0 Å². The highest BCUT2D eigenvalue weighted by molar-refractivity contribution is 6.03. The Balaban J connectivity index is 1.76. The molecule has 116 valence electrons. The van der Waals surface area contributed by atoms with Crippen LogP contribution in [0.1, 0.15) is 10.5 Å². The predicted octanol–water partition coefficient (Wildman–Crippen LogP) is 3.74. The summed E-state index contributed by atoms with van der Waals surface area (Å²) < 4.78 is 23.2. The van der Waals surface area contributed by atoms with Crippen LogP contribution in [0.25, 0.3) is 11.3 Å². The van der Waals surface area contributed by atoms with Crippen LogP contribution in [0.5, 0.6) is 5.75 Å². The minimum atomic E-state index is -0.407. The molecule has 0 saturated carbocycles. The van der Waals surface area contributed by atoms with Gasteiger partial charge in [-0.3, -0.25) is 4.79 Å². The lowest BCUT2D eigenvalue weighted by Gasteiger charge is -2.04. The van der Waals surface area contributed by atoms with E-state index in [0.29, 0.717) is 22.8 Å². The van der Waals surface area contributed by atoms with Crippen molar-refractivity contribution in [2.24, 2.45) is 0 Å². The van der Waals surface area contributed by atoms with Gasteiger partial charge in [-0.1, -0.05) is 11.2 Å². The van der Waals surface area contributed by atoms with Crippen LogP contribution in [0.15, 0.2) is 59.1 Å². The van der Waals surface area contributed by atoms with E-state index >= 15 is 0 Å². The molecular weight excluding hydrogens is 299 g/mol. The summed E-state index contributed by atoms with van der Waals surface area (Å²) in [5.41, 5.74) is 1.35. The Bertz CT molecular complexity index is 828. The summed E-state index contributed by atoms with van der Waals surface area (Å²) in [6.07, 6.45) is 0. The molecular formula is C17H13FN2O3. The van der Waals surface area contributed by atoms with Crippen molar-refractivity contribution < 1.29 is 18.4 Å². The zero-order chi connectivity index (χ0) is 16.2. The first-order valence-electron chi connectivity index (χ1n) is 6.84. The molecule has 0 spiro atoms. The van der Waals surface area contributed by atoms with E-state index in [1.165, 1.54) is 18.2 Å². The number of hydrogen-bond acceptors (Lipinski definition) is 4. The standard InChI is InChI=1S/C17H13FN2O3/c1-22-14-4-2-3-13(9-14)19-17(21)15-10-16(23-20-15)11-5-7-12(18)8-6-11/h2-10H,1H3,(H,19,21). The lowest BCUT2D eigenvalue weighted by Crippen LogP contribution is -2.12. The maximum absolute atomic E-state index is 12.9. The number of carbonyl (C=O) groups is 1. The Morgan fingerprint density at radius 2 is 1.96 bits per heavy atom. The Hall–Kier alpha value is -3.15. The Labute approximate surface area is 131 Å². The van der Waals surface area contributed by atoms with Crippen LogP contribution in [0.4, 0.5) is 10.1 Å². The normalized spacial score (nSPS) is 10.3. The Morgan fingerprint density at radius 3 is 2.70 bits per heavy atom. The van der Waals surface area contributed by atoms with Gasteiger partial charge >= 0.3 is 0 Å². The number of amides is 1. The lowest BCUT2D eigenvalue weighted by atomic mass is 10.1. The first-order valence-corrected chi connectivity index (χ1v) is 6.84. The molecule has 0 unspecified atom stereocenters. The summed E-state index contributed by atoms with van der Waals surface area (Å²) in [4.78, 5) is 12.2.